The second-order valence-electron chi connectivity index (χ2n) is 2.20. The van der Waals surface area contributed by atoms with Crippen molar-refractivity contribution in [2.75, 3.05) is 13.2 Å². The van der Waals surface area contributed by atoms with Gasteiger partial charge in [0.1, 0.15) is 0 Å². The quantitative estimate of drug-likeness (QED) is 0.491. The third-order valence-corrected chi connectivity index (χ3v) is 1.36. The fourth-order valence-corrected chi connectivity index (χ4v) is 0.698. The number of hydrogen-bond donors (Lipinski definition) is 0. The monoisotopic (exact) mass is 129 g/mol. The third kappa shape index (κ3) is 1.34. The van der Waals surface area contributed by atoms with Crippen LogP contribution in [-0.4, -0.2) is 30.2 Å². The Morgan fingerprint density at radius 2 is 2.44 bits per heavy atom. The minimum absolute atomic E-state index is 0.176. The summed E-state index contributed by atoms with van der Waals surface area (Å²) in [4.78, 5) is 12.4. The molecule has 0 radical (unpaired) electrons. The van der Waals surface area contributed by atoms with Gasteiger partial charge in [0.25, 0.3) is 0 Å². The van der Waals surface area contributed by atoms with Gasteiger partial charge in [-0.25, -0.2) is 4.79 Å². The highest BCUT2D eigenvalue weighted by molar-refractivity contribution is 5.70. The van der Waals surface area contributed by atoms with Crippen molar-refractivity contribution in [2.24, 2.45) is 0 Å². The molecule has 1 fully saturated rings. The van der Waals surface area contributed by atoms with E-state index in [4.69, 9.17) is 4.74 Å². The summed E-state index contributed by atoms with van der Waals surface area (Å²) in [5.41, 5.74) is 0. The van der Waals surface area contributed by atoms with Gasteiger partial charge in [-0.15, -0.1) is 0 Å². The normalized spacial score (nSPS) is 23.8. The lowest BCUT2D eigenvalue weighted by molar-refractivity contribution is 0.135. The van der Waals surface area contributed by atoms with Gasteiger partial charge in [0.15, 0.2) is 0 Å². The topological polar surface area (TPSA) is 29.3 Å². The standard InChI is InChI=1S/C6H11NO2/c1-3-9-6(8)7-4-5(7)2/h5H,3-4H2,1-2H3. The van der Waals surface area contributed by atoms with Crippen molar-refractivity contribution in [1.82, 2.24) is 4.90 Å². The van der Waals surface area contributed by atoms with Crippen LogP contribution in [-0.2, 0) is 4.74 Å². The summed E-state index contributed by atoms with van der Waals surface area (Å²) in [5.74, 6) is 0. The van der Waals surface area contributed by atoms with Crippen molar-refractivity contribution >= 4 is 6.09 Å². The molecule has 1 atom stereocenters. The van der Waals surface area contributed by atoms with Gasteiger partial charge in [-0.05, 0) is 13.8 Å². The maximum Gasteiger partial charge on any atom is 0.410 e. The van der Waals surface area contributed by atoms with Gasteiger partial charge in [0.2, 0.25) is 0 Å². The Morgan fingerprint density at radius 1 is 1.89 bits per heavy atom. The molecule has 1 unspecified atom stereocenters. The Morgan fingerprint density at radius 3 is 2.78 bits per heavy atom. The molecule has 0 saturated carbocycles. The number of nitrogens with zero attached hydrogens (tertiary/aromatic N) is 1. The molecule has 0 N–H and O–H groups in total. The summed E-state index contributed by atoms with van der Waals surface area (Å²) < 4.78 is 4.72. The molecular formula is C6H11NO2. The largest absolute Gasteiger partial charge is 0.450 e. The van der Waals surface area contributed by atoms with E-state index in [1.807, 2.05) is 13.8 Å². The Bertz CT molecular complexity index is 124. The molecule has 1 saturated heterocycles. The molecule has 9 heavy (non-hydrogen) atoms. The van der Waals surface area contributed by atoms with Crippen LogP contribution in [0, 0.1) is 0 Å². The molecular weight excluding hydrogens is 118 g/mol. The van der Waals surface area contributed by atoms with Crippen LogP contribution in [0.15, 0.2) is 0 Å². The van der Waals surface area contributed by atoms with Crippen molar-refractivity contribution in [3.05, 3.63) is 0 Å². The fourth-order valence-electron chi connectivity index (χ4n) is 0.698. The Kier molecular flexibility index (Phi) is 1.60. The Labute approximate surface area is 54.6 Å². The zero-order valence-corrected chi connectivity index (χ0v) is 5.76. The van der Waals surface area contributed by atoms with Gasteiger partial charge in [0.05, 0.1) is 12.6 Å². The van der Waals surface area contributed by atoms with Crippen LogP contribution in [0.1, 0.15) is 13.8 Å². The zero-order chi connectivity index (χ0) is 6.85. The minimum Gasteiger partial charge on any atom is -0.450 e. The average Bonchev–Trinajstić information content (AvgIpc) is 2.47. The van der Waals surface area contributed by atoms with E-state index < -0.39 is 0 Å². The molecule has 0 aromatic carbocycles. The lowest BCUT2D eigenvalue weighted by Crippen LogP contribution is -2.13. The van der Waals surface area contributed by atoms with E-state index in [2.05, 4.69) is 0 Å². The van der Waals surface area contributed by atoms with E-state index >= 15 is 0 Å². The molecule has 1 aliphatic heterocycles. The molecule has 1 aliphatic rings. The second-order valence-corrected chi connectivity index (χ2v) is 2.20. The maximum absolute atomic E-state index is 10.7. The van der Waals surface area contributed by atoms with Gasteiger partial charge in [0, 0.05) is 6.54 Å². The van der Waals surface area contributed by atoms with E-state index in [1.165, 1.54) is 0 Å². The van der Waals surface area contributed by atoms with E-state index in [0.717, 1.165) is 6.54 Å². The smallest absolute Gasteiger partial charge is 0.410 e. The summed E-state index contributed by atoms with van der Waals surface area (Å²) in [6.07, 6.45) is -0.176. The lowest BCUT2D eigenvalue weighted by Gasteiger charge is -2.00. The van der Waals surface area contributed by atoms with Crippen LogP contribution < -0.4 is 0 Å². The number of amides is 1. The maximum atomic E-state index is 10.7. The zero-order valence-electron chi connectivity index (χ0n) is 5.76. The van der Waals surface area contributed by atoms with Crippen LogP contribution >= 0.6 is 0 Å². The highest BCUT2D eigenvalue weighted by atomic mass is 16.6. The van der Waals surface area contributed by atoms with Gasteiger partial charge in [-0.2, -0.15) is 0 Å². The number of carbonyl (C=O) groups is 1. The molecule has 0 aromatic heterocycles. The molecule has 1 amide bonds. The molecule has 1 heterocycles. The number of hydrogen-bond acceptors (Lipinski definition) is 2. The molecule has 1 rings (SSSR count). The summed E-state index contributed by atoms with van der Waals surface area (Å²) in [7, 11) is 0. The van der Waals surface area contributed by atoms with E-state index in [9.17, 15) is 4.79 Å². The van der Waals surface area contributed by atoms with Crippen molar-refractivity contribution in [2.45, 2.75) is 19.9 Å². The first-order valence-corrected chi connectivity index (χ1v) is 3.19. The van der Waals surface area contributed by atoms with Crippen LogP contribution in [0.2, 0.25) is 0 Å². The molecule has 3 nitrogen and oxygen atoms in total. The van der Waals surface area contributed by atoms with E-state index in [0.29, 0.717) is 12.6 Å². The highest BCUT2D eigenvalue weighted by Gasteiger charge is 2.34. The molecule has 3 heteroatoms. The molecule has 0 aliphatic carbocycles. The predicted molar refractivity (Wildman–Crippen MR) is 33.2 cm³/mol. The summed E-state index contributed by atoms with van der Waals surface area (Å²) in [6, 6.07) is 0.407. The lowest BCUT2D eigenvalue weighted by atomic mass is 10.6. The average molecular weight is 129 g/mol. The Balaban J connectivity index is 2.20. The van der Waals surface area contributed by atoms with Crippen LogP contribution in [0.25, 0.3) is 0 Å². The second kappa shape index (κ2) is 2.25. The first kappa shape index (κ1) is 6.39. The number of rotatable bonds is 1. The van der Waals surface area contributed by atoms with Gasteiger partial charge in [-0.3, -0.25) is 0 Å². The van der Waals surface area contributed by atoms with Crippen molar-refractivity contribution in [3.63, 3.8) is 0 Å². The van der Waals surface area contributed by atoms with Crippen LogP contribution in [0.3, 0.4) is 0 Å². The van der Waals surface area contributed by atoms with Crippen molar-refractivity contribution in [1.29, 1.82) is 0 Å². The SMILES string of the molecule is CCOC(=O)N1CC1C. The van der Waals surface area contributed by atoms with Crippen molar-refractivity contribution < 1.29 is 9.53 Å². The van der Waals surface area contributed by atoms with Gasteiger partial charge < -0.3 is 9.64 Å². The Hall–Kier alpha value is -0.730. The van der Waals surface area contributed by atoms with Gasteiger partial charge >= 0.3 is 6.09 Å². The summed E-state index contributed by atoms with van der Waals surface area (Å²) in [6.45, 7) is 5.14. The fraction of sp³-hybridized carbons (Fsp3) is 0.833. The predicted octanol–water partition coefficient (Wildman–Crippen LogP) is 0.847. The highest BCUT2D eigenvalue weighted by Crippen LogP contribution is 2.16. The molecule has 52 valence electrons. The van der Waals surface area contributed by atoms with Crippen LogP contribution in [0.4, 0.5) is 4.79 Å². The third-order valence-electron chi connectivity index (χ3n) is 1.36. The van der Waals surface area contributed by atoms with Crippen molar-refractivity contribution in [3.8, 4) is 0 Å². The number of ether oxygens (including phenoxy) is 1. The van der Waals surface area contributed by atoms with E-state index in [-0.39, 0.29) is 6.09 Å². The first-order chi connectivity index (χ1) is 4.25. The van der Waals surface area contributed by atoms with Crippen LogP contribution in [0.5, 0.6) is 0 Å². The van der Waals surface area contributed by atoms with E-state index in [1.54, 1.807) is 4.90 Å². The first-order valence-electron chi connectivity index (χ1n) is 3.19. The molecule has 0 spiro atoms. The minimum atomic E-state index is -0.176. The van der Waals surface area contributed by atoms with Gasteiger partial charge in [-0.1, -0.05) is 0 Å². The summed E-state index contributed by atoms with van der Waals surface area (Å²) in [5, 5.41) is 0. The molecule has 0 bridgehead atoms. The number of carbonyl (C=O) groups excluding carboxylic acids is 1. The summed E-state index contributed by atoms with van der Waals surface area (Å²) >= 11 is 0. The molecule has 0 aromatic rings.